The number of ether oxygens (including phenoxy) is 1. The van der Waals surface area contributed by atoms with E-state index in [1.807, 2.05) is 62.6 Å². The van der Waals surface area contributed by atoms with Gasteiger partial charge in [-0.15, -0.1) is 0 Å². The molecule has 0 heterocycles. The van der Waals surface area contributed by atoms with Gasteiger partial charge in [-0.2, -0.15) is 0 Å². The number of halogens is 2. The van der Waals surface area contributed by atoms with Gasteiger partial charge < -0.3 is 15.0 Å². The van der Waals surface area contributed by atoms with Crippen molar-refractivity contribution in [2.24, 2.45) is 0 Å². The fourth-order valence-corrected chi connectivity index (χ4v) is 2.71. The van der Waals surface area contributed by atoms with Crippen LogP contribution < -0.4 is 10.1 Å². The first-order valence-corrected chi connectivity index (χ1v) is 9.19. The topological polar surface area (TPSA) is 41.6 Å². The number of carbonyl (C=O) groups is 1. The first kappa shape index (κ1) is 19.8. The highest BCUT2D eigenvalue weighted by Gasteiger charge is 2.15. The number of hydrogen-bond donors (Lipinski definition) is 1. The molecule has 4 nitrogen and oxygen atoms in total. The van der Waals surface area contributed by atoms with Gasteiger partial charge in [0.15, 0.2) is 6.61 Å². The lowest BCUT2D eigenvalue weighted by Gasteiger charge is -2.21. The molecule has 0 saturated carbocycles. The molecule has 0 fully saturated rings. The summed E-state index contributed by atoms with van der Waals surface area (Å²) in [5.41, 5.74) is 1.03. The lowest BCUT2D eigenvalue weighted by Crippen LogP contribution is -2.34. The molecular formula is C19H22BrClN2O2. The minimum absolute atomic E-state index is 0.0202. The summed E-state index contributed by atoms with van der Waals surface area (Å²) in [6.45, 7) is 0.842. The zero-order valence-corrected chi connectivity index (χ0v) is 16.7. The summed E-state index contributed by atoms with van der Waals surface area (Å²) < 4.78 is 6.51. The van der Waals surface area contributed by atoms with Crippen molar-refractivity contribution in [3.63, 3.8) is 0 Å². The van der Waals surface area contributed by atoms with Gasteiger partial charge in [0.1, 0.15) is 5.75 Å². The van der Waals surface area contributed by atoms with Crippen LogP contribution in [-0.2, 0) is 4.79 Å². The van der Waals surface area contributed by atoms with Crippen LogP contribution in [0.5, 0.6) is 5.75 Å². The van der Waals surface area contributed by atoms with E-state index in [0.717, 1.165) is 23.0 Å². The number of hydrogen-bond acceptors (Lipinski definition) is 3. The lowest BCUT2D eigenvalue weighted by molar-refractivity contribution is -0.123. The number of nitrogens with one attached hydrogen (secondary N) is 1. The Morgan fingerprint density at radius 3 is 2.40 bits per heavy atom. The fourth-order valence-electron chi connectivity index (χ4n) is 2.32. The third kappa shape index (κ3) is 7.06. The molecular weight excluding hydrogens is 404 g/mol. The van der Waals surface area contributed by atoms with Crippen molar-refractivity contribution in [2.45, 2.75) is 12.5 Å². The van der Waals surface area contributed by atoms with Gasteiger partial charge in [-0.05, 0) is 69.0 Å². The van der Waals surface area contributed by atoms with E-state index in [2.05, 4.69) is 26.1 Å². The predicted molar refractivity (Wildman–Crippen MR) is 105 cm³/mol. The predicted octanol–water partition coefficient (Wildman–Crippen LogP) is 4.29. The molecule has 2 aromatic carbocycles. The number of benzene rings is 2. The van der Waals surface area contributed by atoms with Crippen LogP contribution in [0, 0.1) is 0 Å². The average molecular weight is 426 g/mol. The fraction of sp³-hybridized carbons (Fsp3) is 0.316. The van der Waals surface area contributed by atoms with E-state index in [0.29, 0.717) is 10.8 Å². The molecule has 134 valence electrons. The number of nitrogens with zero attached hydrogens (tertiary/aromatic N) is 1. The molecule has 6 heteroatoms. The van der Waals surface area contributed by atoms with E-state index in [1.165, 1.54) is 0 Å². The molecule has 1 amide bonds. The van der Waals surface area contributed by atoms with Crippen LogP contribution >= 0.6 is 27.5 Å². The van der Waals surface area contributed by atoms with E-state index >= 15 is 0 Å². The largest absolute Gasteiger partial charge is 0.484 e. The van der Waals surface area contributed by atoms with E-state index < -0.39 is 0 Å². The summed E-state index contributed by atoms with van der Waals surface area (Å²) in [4.78, 5) is 14.4. The molecule has 1 unspecified atom stereocenters. The number of rotatable bonds is 8. The highest BCUT2D eigenvalue weighted by molar-refractivity contribution is 9.10. The van der Waals surface area contributed by atoms with Crippen LogP contribution in [-0.4, -0.2) is 38.1 Å². The molecule has 1 N–H and O–H groups in total. The molecule has 2 aromatic rings. The third-order valence-corrected chi connectivity index (χ3v) is 4.44. The van der Waals surface area contributed by atoms with Gasteiger partial charge in [0.2, 0.25) is 0 Å². The molecule has 0 aromatic heterocycles. The molecule has 0 aliphatic carbocycles. The van der Waals surface area contributed by atoms with Crippen molar-refractivity contribution in [3.8, 4) is 5.75 Å². The van der Waals surface area contributed by atoms with Crippen LogP contribution in [0.4, 0.5) is 0 Å². The summed E-state index contributed by atoms with van der Waals surface area (Å²) >= 11 is 9.33. The van der Waals surface area contributed by atoms with Gasteiger partial charge in [-0.3, -0.25) is 4.79 Å². The van der Waals surface area contributed by atoms with E-state index in [4.69, 9.17) is 16.3 Å². The lowest BCUT2D eigenvalue weighted by atomic mass is 10.0. The normalized spacial score (nSPS) is 12.0. The summed E-state index contributed by atoms with van der Waals surface area (Å²) in [6, 6.07) is 14.9. The Balaban J connectivity index is 1.95. The number of carbonyl (C=O) groups excluding carboxylic acids is 1. The molecule has 0 bridgehead atoms. The minimum Gasteiger partial charge on any atom is -0.484 e. The SMILES string of the molecule is CN(C)CCC(NC(=O)COc1ccc(Br)cc1)c1ccc(Cl)cc1. The van der Waals surface area contributed by atoms with Crippen molar-refractivity contribution < 1.29 is 9.53 Å². The van der Waals surface area contributed by atoms with Gasteiger partial charge in [0.05, 0.1) is 6.04 Å². The maximum Gasteiger partial charge on any atom is 0.258 e. The van der Waals surface area contributed by atoms with Crippen molar-refractivity contribution in [2.75, 3.05) is 27.2 Å². The van der Waals surface area contributed by atoms with Crippen molar-refractivity contribution in [1.29, 1.82) is 0 Å². The molecule has 0 radical (unpaired) electrons. The summed E-state index contributed by atoms with van der Waals surface area (Å²) in [7, 11) is 4.02. The molecule has 0 saturated heterocycles. The van der Waals surface area contributed by atoms with Gasteiger partial charge in [-0.1, -0.05) is 39.7 Å². The second-order valence-corrected chi connectivity index (χ2v) is 7.36. The van der Waals surface area contributed by atoms with Crippen LogP contribution in [0.15, 0.2) is 53.0 Å². The van der Waals surface area contributed by atoms with Gasteiger partial charge >= 0.3 is 0 Å². The van der Waals surface area contributed by atoms with Crippen molar-refractivity contribution in [3.05, 3.63) is 63.6 Å². The zero-order valence-electron chi connectivity index (χ0n) is 14.3. The minimum atomic E-state index is -0.151. The second kappa shape index (κ2) is 9.80. The summed E-state index contributed by atoms with van der Waals surface area (Å²) in [6.07, 6.45) is 0.804. The maximum absolute atomic E-state index is 12.3. The Hall–Kier alpha value is -1.56. The molecule has 0 aliphatic heterocycles. The van der Waals surface area contributed by atoms with E-state index in [1.54, 1.807) is 0 Å². The van der Waals surface area contributed by atoms with E-state index in [9.17, 15) is 4.79 Å². The van der Waals surface area contributed by atoms with Gasteiger partial charge in [-0.25, -0.2) is 0 Å². The zero-order chi connectivity index (χ0) is 18.2. The molecule has 0 aliphatic rings. The van der Waals surface area contributed by atoms with Gasteiger partial charge in [0, 0.05) is 9.50 Å². The van der Waals surface area contributed by atoms with Crippen molar-refractivity contribution >= 4 is 33.4 Å². The van der Waals surface area contributed by atoms with Gasteiger partial charge in [0.25, 0.3) is 5.91 Å². The monoisotopic (exact) mass is 424 g/mol. The van der Waals surface area contributed by atoms with Crippen LogP contribution in [0.25, 0.3) is 0 Å². The van der Waals surface area contributed by atoms with Crippen molar-refractivity contribution in [1.82, 2.24) is 10.2 Å². The molecule has 0 spiro atoms. The standard InChI is InChI=1S/C19H22BrClN2O2/c1-23(2)12-11-18(14-3-7-16(21)8-4-14)22-19(24)13-25-17-9-5-15(20)6-10-17/h3-10,18H,11-13H2,1-2H3,(H,22,24). The first-order chi connectivity index (χ1) is 11.9. The molecule has 2 rings (SSSR count). The Bertz CT molecular complexity index is 675. The average Bonchev–Trinajstić information content (AvgIpc) is 2.59. The maximum atomic E-state index is 12.3. The first-order valence-electron chi connectivity index (χ1n) is 8.02. The number of amides is 1. The third-order valence-electron chi connectivity index (χ3n) is 3.66. The quantitative estimate of drug-likeness (QED) is 0.686. The Morgan fingerprint density at radius 2 is 1.80 bits per heavy atom. The van der Waals surface area contributed by atoms with Crippen LogP contribution in [0.3, 0.4) is 0 Å². The van der Waals surface area contributed by atoms with Crippen LogP contribution in [0.2, 0.25) is 5.02 Å². The smallest absolute Gasteiger partial charge is 0.258 e. The summed E-state index contributed by atoms with van der Waals surface area (Å²) in [5, 5.41) is 3.73. The second-order valence-electron chi connectivity index (χ2n) is 6.01. The highest BCUT2D eigenvalue weighted by atomic mass is 79.9. The molecule has 1 atom stereocenters. The highest BCUT2D eigenvalue weighted by Crippen LogP contribution is 2.20. The Morgan fingerprint density at radius 1 is 1.16 bits per heavy atom. The van der Waals surface area contributed by atoms with E-state index in [-0.39, 0.29) is 18.6 Å². The Labute approximate surface area is 162 Å². The van der Waals surface area contributed by atoms with Crippen LogP contribution in [0.1, 0.15) is 18.0 Å². The summed E-state index contributed by atoms with van der Waals surface area (Å²) in [5.74, 6) is 0.510. The molecule has 25 heavy (non-hydrogen) atoms. The Kier molecular flexibility index (Phi) is 7.75.